The molecule has 1 unspecified atom stereocenters. The minimum atomic E-state index is -3.37. The van der Waals surface area contributed by atoms with Crippen LogP contribution in [0.5, 0.6) is 5.75 Å². The zero-order valence-corrected chi connectivity index (χ0v) is 16.5. The summed E-state index contributed by atoms with van der Waals surface area (Å²) in [4.78, 5) is 12.3. The normalized spacial score (nSPS) is 12.3. The lowest BCUT2D eigenvalue weighted by molar-refractivity contribution is -0.122. The zero-order valence-electron chi connectivity index (χ0n) is 14.1. The van der Waals surface area contributed by atoms with Crippen molar-refractivity contribution in [3.63, 3.8) is 0 Å². The third kappa shape index (κ3) is 5.47. The van der Waals surface area contributed by atoms with Crippen LogP contribution in [0.25, 0.3) is 0 Å². The Balaban J connectivity index is 2.06. The van der Waals surface area contributed by atoms with Crippen LogP contribution in [0, 0.1) is 0 Å². The Kier molecular flexibility index (Phi) is 6.07. The van der Waals surface area contributed by atoms with E-state index in [1.54, 1.807) is 43.3 Å². The molecule has 0 fully saturated rings. The highest BCUT2D eigenvalue weighted by molar-refractivity contribution is 9.10. The molecule has 0 saturated heterocycles. The van der Waals surface area contributed by atoms with Crippen LogP contribution in [0.1, 0.15) is 6.92 Å². The highest BCUT2D eigenvalue weighted by atomic mass is 79.9. The molecule has 2 rings (SSSR count). The topological polar surface area (TPSA) is 75.7 Å². The number of halogens is 1. The van der Waals surface area contributed by atoms with Crippen LogP contribution < -0.4 is 14.4 Å². The Morgan fingerprint density at radius 2 is 1.84 bits per heavy atom. The Morgan fingerprint density at radius 1 is 1.20 bits per heavy atom. The summed E-state index contributed by atoms with van der Waals surface area (Å²) in [5, 5.41) is 2.73. The molecule has 1 atom stereocenters. The van der Waals surface area contributed by atoms with Crippen molar-refractivity contribution >= 4 is 43.2 Å². The van der Waals surface area contributed by atoms with Crippen molar-refractivity contribution in [1.29, 1.82) is 0 Å². The van der Waals surface area contributed by atoms with Crippen LogP contribution in [0.4, 0.5) is 11.4 Å². The number of carbonyl (C=O) groups excluding carboxylic acids is 1. The van der Waals surface area contributed by atoms with Gasteiger partial charge in [0.1, 0.15) is 5.75 Å². The molecule has 0 aliphatic heterocycles. The lowest BCUT2D eigenvalue weighted by atomic mass is 10.2. The highest BCUT2D eigenvalue weighted by Crippen LogP contribution is 2.21. The molecule has 0 bridgehead atoms. The molecule has 0 saturated carbocycles. The number of carbonyl (C=O) groups is 1. The van der Waals surface area contributed by atoms with Gasteiger partial charge >= 0.3 is 0 Å². The number of rotatable bonds is 6. The number of ether oxygens (including phenoxy) is 1. The van der Waals surface area contributed by atoms with Gasteiger partial charge in [-0.3, -0.25) is 9.10 Å². The monoisotopic (exact) mass is 426 g/mol. The molecule has 0 spiro atoms. The van der Waals surface area contributed by atoms with Crippen LogP contribution >= 0.6 is 15.9 Å². The molecule has 0 aromatic heterocycles. The van der Waals surface area contributed by atoms with Crippen molar-refractivity contribution < 1.29 is 17.9 Å². The van der Waals surface area contributed by atoms with E-state index < -0.39 is 16.1 Å². The number of nitrogens with zero attached hydrogens (tertiary/aromatic N) is 1. The number of amides is 1. The largest absolute Gasteiger partial charge is 0.481 e. The molecule has 0 radical (unpaired) electrons. The van der Waals surface area contributed by atoms with E-state index in [-0.39, 0.29) is 5.91 Å². The quantitative estimate of drug-likeness (QED) is 0.768. The fraction of sp³-hybridized carbons (Fsp3) is 0.235. The summed E-state index contributed by atoms with van der Waals surface area (Å²) < 4.78 is 30.9. The summed E-state index contributed by atoms with van der Waals surface area (Å²) in [6, 6.07) is 13.8. The predicted octanol–water partition coefficient (Wildman–Crippen LogP) is 3.25. The lowest BCUT2D eigenvalue weighted by Gasteiger charge is -2.18. The molecular formula is C17H19BrN2O4S. The number of anilines is 2. The molecule has 1 N–H and O–H groups in total. The van der Waals surface area contributed by atoms with Crippen molar-refractivity contribution in [3.05, 3.63) is 53.0 Å². The molecular weight excluding hydrogens is 408 g/mol. The summed E-state index contributed by atoms with van der Waals surface area (Å²) in [6.45, 7) is 1.64. The fourth-order valence-electron chi connectivity index (χ4n) is 1.99. The van der Waals surface area contributed by atoms with Gasteiger partial charge in [0.05, 0.1) is 11.9 Å². The molecule has 25 heavy (non-hydrogen) atoms. The van der Waals surface area contributed by atoms with E-state index in [9.17, 15) is 13.2 Å². The standard InChI is InChI=1S/C17H19BrN2O4S/c1-12(24-16-9-7-13(18)8-10-16)17(21)19-14-5-4-6-15(11-14)20(2)25(3,22)23/h4-12H,1-3H3,(H,19,21). The Bertz CT molecular complexity index is 853. The van der Waals surface area contributed by atoms with E-state index >= 15 is 0 Å². The minimum Gasteiger partial charge on any atom is -0.481 e. The second-order valence-electron chi connectivity index (χ2n) is 5.48. The Labute approximate surface area is 156 Å². The molecule has 0 aliphatic rings. The van der Waals surface area contributed by atoms with Gasteiger partial charge in [0.2, 0.25) is 10.0 Å². The summed E-state index contributed by atoms with van der Waals surface area (Å²) in [6.07, 6.45) is 0.407. The maximum absolute atomic E-state index is 12.3. The van der Waals surface area contributed by atoms with Gasteiger partial charge in [-0.25, -0.2) is 8.42 Å². The smallest absolute Gasteiger partial charge is 0.265 e. The van der Waals surface area contributed by atoms with Crippen molar-refractivity contribution in [2.24, 2.45) is 0 Å². The van der Waals surface area contributed by atoms with Gasteiger partial charge in [-0.15, -0.1) is 0 Å². The second kappa shape index (κ2) is 7.88. The molecule has 8 heteroatoms. The van der Waals surface area contributed by atoms with Crippen molar-refractivity contribution in [2.45, 2.75) is 13.0 Å². The van der Waals surface area contributed by atoms with Crippen molar-refractivity contribution in [2.75, 3.05) is 22.9 Å². The number of sulfonamides is 1. The van der Waals surface area contributed by atoms with E-state index in [0.29, 0.717) is 17.1 Å². The molecule has 134 valence electrons. The molecule has 1 amide bonds. The predicted molar refractivity (Wildman–Crippen MR) is 103 cm³/mol. The average Bonchev–Trinajstić information content (AvgIpc) is 2.55. The van der Waals surface area contributed by atoms with Gasteiger partial charge in [0.15, 0.2) is 6.10 Å². The summed E-state index contributed by atoms with van der Waals surface area (Å²) in [5.41, 5.74) is 0.950. The Hall–Kier alpha value is -2.06. The van der Waals surface area contributed by atoms with E-state index in [4.69, 9.17) is 4.74 Å². The van der Waals surface area contributed by atoms with E-state index in [0.717, 1.165) is 15.0 Å². The van der Waals surface area contributed by atoms with Gasteiger partial charge in [0, 0.05) is 17.2 Å². The molecule has 2 aromatic carbocycles. The number of hydrogen-bond acceptors (Lipinski definition) is 4. The van der Waals surface area contributed by atoms with Gasteiger partial charge in [-0.05, 0) is 49.4 Å². The first-order chi connectivity index (χ1) is 11.7. The van der Waals surface area contributed by atoms with Gasteiger partial charge < -0.3 is 10.1 Å². The number of hydrogen-bond donors (Lipinski definition) is 1. The minimum absolute atomic E-state index is 0.331. The lowest BCUT2D eigenvalue weighted by Crippen LogP contribution is -2.30. The van der Waals surface area contributed by atoms with Crippen LogP contribution in [-0.4, -0.2) is 33.7 Å². The zero-order chi connectivity index (χ0) is 18.6. The number of nitrogens with one attached hydrogen (secondary N) is 1. The third-order valence-electron chi connectivity index (χ3n) is 3.47. The summed E-state index contributed by atoms with van der Waals surface area (Å²) in [5.74, 6) is 0.249. The molecule has 2 aromatic rings. The van der Waals surface area contributed by atoms with E-state index in [1.165, 1.54) is 7.05 Å². The van der Waals surface area contributed by atoms with Crippen LogP contribution in [0.2, 0.25) is 0 Å². The molecule has 6 nitrogen and oxygen atoms in total. The maximum Gasteiger partial charge on any atom is 0.265 e. The van der Waals surface area contributed by atoms with Crippen molar-refractivity contribution in [3.8, 4) is 5.75 Å². The highest BCUT2D eigenvalue weighted by Gasteiger charge is 2.16. The van der Waals surface area contributed by atoms with Gasteiger partial charge in [0.25, 0.3) is 5.91 Å². The first kappa shape index (κ1) is 19.3. The molecule has 0 aliphatic carbocycles. The van der Waals surface area contributed by atoms with Gasteiger partial charge in [-0.2, -0.15) is 0 Å². The second-order valence-corrected chi connectivity index (χ2v) is 8.41. The maximum atomic E-state index is 12.3. The number of benzene rings is 2. The van der Waals surface area contributed by atoms with Crippen LogP contribution in [0.3, 0.4) is 0 Å². The summed E-state index contributed by atoms with van der Waals surface area (Å²) in [7, 11) is -1.92. The SMILES string of the molecule is CC(Oc1ccc(Br)cc1)C(=O)Nc1cccc(N(C)S(C)(=O)=O)c1. The van der Waals surface area contributed by atoms with Crippen molar-refractivity contribution in [1.82, 2.24) is 0 Å². The first-order valence-corrected chi connectivity index (χ1v) is 10.1. The first-order valence-electron chi connectivity index (χ1n) is 7.44. The van der Waals surface area contributed by atoms with Crippen LogP contribution in [0.15, 0.2) is 53.0 Å². The molecule has 0 heterocycles. The van der Waals surface area contributed by atoms with E-state index in [1.807, 2.05) is 12.1 Å². The Morgan fingerprint density at radius 3 is 2.44 bits per heavy atom. The fourth-order valence-corrected chi connectivity index (χ4v) is 2.75. The summed E-state index contributed by atoms with van der Waals surface area (Å²) >= 11 is 3.34. The average molecular weight is 427 g/mol. The third-order valence-corrected chi connectivity index (χ3v) is 5.20. The van der Waals surface area contributed by atoms with Crippen LogP contribution in [-0.2, 0) is 14.8 Å². The van der Waals surface area contributed by atoms with E-state index in [2.05, 4.69) is 21.2 Å². The van der Waals surface area contributed by atoms with Gasteiger partial charge in [-0.1, -0.05) is 22.0 Å².